The van der Waals surface area contributed by atoms with Crippen LogP contribution in [0.3, 0.4) is 0 Å². The van der Waals surface area contributed by atoms with Crippen LogP contribution in [-0.4, -0.2) is 48.4 Å². The second kappa shape index (κ2) is 4.68. The van der Waals surface area contributed by atoms with Crippen molar-refractivity contribution < 1.29 is 5.11 Å². The number of aromatic nitrogens is 4. The quantitative estimate of drug-likeness (QED) is 0.819. The van der Waals surface area contributed by atoms with Crippen molar-refractivity contribution in [3.05, 3.63) is 12.0 Å². The van der Waals surface area contributed by atoms with Gasteiger partial charge in [0.1, 0.15) is 11.6 Å². The van der Waals surface area contributed by atoms with Gasteiger partial charge in [-0.2, -0.15) is 5.10 Å². The van der Waals surface area contributed by atoms with E-state index < -0.39 is 5.60 Å². The fourth-order valence-electron chi connectivity index (χ4n) is 2.55. The summed E-state index contributed by atoms with van der Waals surface area (Å²) in [5, 5.41) is 14.9. The molecule has 3 N–H and O–H groups in total. The van der Waals surface area contributed by atoms with Crippen LogP contribution in [0.25, 0.3) is 11.0 Å². The van der Waals surface area contributed by atoms with E-state index in [2.05, 4.69) is 20.0 Å². The Kier molecular flexibility index (Phi) is 3.10. The Balaban J connectivity index is 1.79. The monoisotopic (exact) mass is 276 g/mol. The van der Waals surface area contributed by atoms with Crippen molar-refractivity contribution in [1.29, 1.82) is 0 Å². The molecule has 0 saturated carbocycles. The van der Waals surface area contributed by atoms with E-state index in [1.165, 1.54) is 0 Å². The molecule has 0 unspecified atom stereocenters. The van der Waals surface area contributed by atoms with E-state index in [-0.39, 0.29) is 0 Å². The SMILES string of the molecule is Cn1ncc2c(N)nc(CN3CCC(C)(O)CC3)nc21. The molecule has 1 aliphatic rings. The maximum absolute atomic E-state index is 9.96. The van der Waals surface area contributed by atoms with Crippen LogP contribution in [0, 0.1) is 0 Å². The molecular formula is C13H20N6O. The molecule has 7 heteroatoms. The Morgan fingerprint density at radius 2 is 2.05 bits per heavy atom. The summed E-state index contributed by atoms with van der Waals surface area (Å²) in [7, 11) is 1.84. The maximum atomic E-state index is 9.96. The van der Waals surface area contributed by atoms with Gasteiger partial charge in [0.05, 0.1) is 23.7 Å². The van der Waals surface area contributed by atoms with Gasteiger partial charge in [-0.15, -0.1) is 0 Å². The Labute approximate surface area is 117 Å². The Morgan fingerprint density at radius 1 is 1.35 bits per heavy atom. The summed E-state index contributed by atoms with van der Waals surface area (Å²) in [6.07, 6.45) is 3.24. The molecule has 108 valence electrons. The van der Waals surface area contributed by atoms with Crippen molar-refractivity contribution in [3.8, 4) is 0 Å². The van der Waals surface area contributed by atoms with Crippen LogP contribution < -0.4 is 5.73 Å². The molecule has 0 aromatic carbocycles. The minimum Gasteiger partial charge on any atom is -0.390 e. The Morgan fingerprint density at radius 3 is 2.75 bits per heavy atom. The van der Waals surface area contributed by atoms with E-state index in [9.17, 15) is 5.11 Å². The molecule has 2 aromatic rings. The van der Waals surface area contributed by atoms with Gasteiger partial charge in [-0.25, -0.2) is 9.97 Å². The molecule has 1 saturated heterocycles. The van der Waals surface area contributed by atoms with Crippen molar-refractivity contribution in [2.75, 3.05) is 18.8 Å². The molecule has 0 spiro atoms. The highest BCUT2D eigenvalue weighted by atomic mass is 16.3. The number of hydrogen-bond acceptors (Lipinski definition) is 6. The molecule has 20 heavy (non-hydrogen) atoms. The van der Waals surface area contributed by atoms with Crippen molar-refractivity contribution in [2.45, 2.75) is 31.9 Å². The van der Waals surface area contributed by atoms with E-state index in [1.54, 1.807) is 10.9 Å². The number of aliphatic hydroxyl groups is 1. The number of aryl methyl sites for hydroxylation is 1. The van der Waals surface area contributed by atoms with Gasteiger partial charge >= 0.3 is 0 Å². The number of piperidine rings is 1. The van der Waals surface area contributed by atoms with Gasteiger partial charge in [0.2, 0.25) is 0 Å². The zero-order valence-corrected chi connectivity index (χ0v) is 11.9. The molecule has 1 fully saturated rings. The van der Waals surface area contributed by atoms with E-state index in [4.69, 9.17) is 5.73 Å². The van der Waals surface area contributed by atoms with Crippen molar-refractivity contribution in [1.82, 2.24) is 24.6 Å². The summed E-state index contributed by atoms with van der Waals surface area (Å²) < 4.78 is 1.71. The summed E-state index contributed by atoms with van der Waals surface area (Å²) in [4.78, 5) is 11.1. The molecule has 0 aliphatic carbocycles. The zero-order valence-electron chi connectivity index (χ0n) is 11.9. The first-order chi connectivity index (χ1) is 9.44. The lowest BCUT2D eigenvalue weighted by atomic mass is 9.94. The lowest BCUT2D eigenvalue weighted by molar-refractivity contribution is -0.00785. The van der Waals surface area contributed by atoms with Gasteiger partial charge < -0.3 is 10.8 Å². The molecule has 0 bridgehead atoms. The van der Waals surface area contributed by atoms with Crippen LogP contribution in [0.5, 0.6) is 0 Å². The second-order valence-electron chi connectivity index (χ2n) is 5.80. The first-order valence-electron chi connectivity index (χ1n) is 6.83. The summed E-state index contributed by atoms with van der Waals surface area (Å²) in [6.45, 7) is 4.24. The molecule has 0 radical (unpaired) electrons. The fourth-order valence-corrected chi connectivity index (χ4v) is 2.55. The smallest absolute Gasteiger partial charge is 0.163 e. The average molecular weight is 276 g/mol. The van der Waals surface area contributed by atoms with Gasteiger partial charge in [0.15, 0.2) is 5.65 Å². The van der Waals surface area contributed by atoms with Crippen LogP contribution in [0.1, 0.15) is 25.6 Å². The molecule has 3 rings (SSSR count). The van der Waals surface area contributed by atoms with Gasteiger partial charge in [-0.3, -0.25) is 9.58 Å². The molecular weight excluding hydrogens is 256 g/mol. The first kappa shape index (κ1) is 13.3. The average Bonchev–Trinajstić information content (AvgIpc) is 2.75. The van der Waals surface area contributed by atoms with Crippen molar-refractivity contribution >= 4 is 16.9 Å². The van der Waals surface area contributed by atoms with Gasteiger partial charge in [-0.05, 0) is 19.8 Å². The third-order valence-corrected chi connectivity index (χ3v) is 3.97. The zero-order chi connectivity index (χ0) is 14.3. The number of nitrogen functional groups attached to an aromatic ring is 1. The Hall–Kier alpha value is -1.73. The van der Waals surface area contributed by atoms with Gasteiger partial charge in [-0.1, -0.05) is 0 Å². The topological polar surface area (TPSA) is 93.1 Å². The number of nitrogens with two attached hydrogens (primary N) is 1. The minimum atomic E-state index is -0.539. The van der Waals surface area contributed by atoms with Crippen LogP contribution in [0.2, 0.25) is 0 Å². The molecule has 0 atom stereocenters. The number of anilines is 1. The van der Waals surface area contributed by atoms with Gasteiger partial charge in [0.25, 0.3) is 0 Å². The van der Waals surface area contributed by atoms with Crippen LogP contribution >= 0.6 is 0 Å². The minimum absolute atomic E-state index is 0.474. The predicted octanol–water partition coefficient (Wildman–Crippen LogP) is 0.292. The number of rotatable bonds is 2. The highest BCUT2D eigenvalue weighted by molar-refractivity contribution is 5.84. The largest absolute Gasteiger partial charge is 0.390 e. The molecule has 1 aliphatic heterocycles. The summed E-state index contributed by atoms with van der Waals surface area (Å²) in [6, 6.07) is 0. The summed E-state index contributed by atoms with van der Waals surface area (Å²) in [5.74, 6) is 1.18. The number of likely N-dealkylation sites (tertiary alicyclic amines) is 1. The molecule has 0 amide bonds. The predicted molar refractivity (Wildman–Crippen MR) is 75.9 cm³/mol. The third kappa shape index (κ3) is 2.46. The lowest BCUT2D eigenvalue weighted by Crippen LogP contribution is -2.42. The van der Waals surface area contributed by atoms with E-state index >= 15 is 0 Å². The number of fused-ring (bicyclic) bond motifs is 1. The van der Waals surface area contributed by atoms with E-state index in [0.717, 1.165) is 37.0 Å². The maximum Gasteiger partial charge on any atom is 0.163 e. The first-order valence-corrected chi connectivity index (χ1v) is 6.83. The van der Waals surface area contributed by atoms with Crippen LogP contribution in [0.4, 0.5) is 5.82 Å². The van der Waals surface area contributed by atoms with E-state index in [1.807, 2.05) is 14.0 Å². The molecule has 2 aromatic heterocycles. The fraction of sp³-hybridized carbons (Fsp3) is 0.615. The van der Waals surface area contributed by atoms with E-state index in [0.29, 0.717) is 18.2 Å². The van der Waals surface area contributed by atoms with Crippen molar-refractivity contribution in [2.24, 2.45) is 7.05 Å². The lowest BCUT2D eigenvalue weighted by Gasteiger charge is -2.35. The normalized spacial score (nSPS) is 19.6. The molecule has 7 nitrogen and oxygen atoms in total. The second-order valence-corrected chi connectivity index (χ2v) is 5.80. The highest BCUT2D eigenvalue weighted by Crippen LogP contribution is 2.23. The summed E-state index contributed by atoms with van der Waals surface area (Å²) in [5.41, 5.74) is 6.18. The summed E-state index contributed by atoms with van der Waals surface area (Å²) >= 11 is 0. The van der Waals surface area contributed by atoms with Gasteiger partial charge in [0, 0.05) is 20.1 Å². The third-order valence-electron chi connectivity index (χ3n) is 3.97. The van der Waals surface area contributed by atoms with Crippen LogP contribution in [0.15, 0.2) is 6.20 Å². The van der Waals surface area contributed by atoms with Crippen LogP contribution in [-0.2, 0) is 13.6 Å². The standard InChI is InChI=1S/C13H20N6O/c1-13(20)3-5-19(6-4-13)8-10-16-11(14)9-7-15-18(2)12(9)17-10/h7,20H,3-6,8H2,1-2H3,(H2,14,16,17). The molecule has 3 heterocycles. The Bertz CT molecular complexity index is 625. The number of hydrogen-bond donors (Lipinski definition) is 2. The highest BCUT2D eigenvalue weighted by Gasteiger charge is 2.27. The van der Waals surface area contributed by atoms with Crippen molar-refractivity contribution in [3.63, 3.8) is 0 Å². The number of nitrogens with zero attached hydrogens (tertiary/aromatic N) is 5.